The summed E-state index contributed by atoms with van der Waals surface area (Å²) >= 11 is 1.40. The van der Waals surface area contributed by atoms with Gasteiger partial charge in [-0.15, -0.1) is 11.3 Å². The van der Waals surface area contributed by atoms with Crippen LogP contribution in [0.3, 0.4) is 0 Å². The van der Waals surface area contributed by atoms with E-state index in [2.05, 4.69) is 14.8 Å². The average molecular weight is 237 g/mol. The molecule has 0 amide bonds. The zero-order valence-corrected chi connectivity index (χ0v) is 10.0. The van der Waals surface area contributed by atoms with Crippen molar-refractivity contribution in [1.82, 2.24) is 14.8 Å². The van der Waals surface area contributed by atoms with E-state index in [1.807, 2.05) is 20.0 Å². The summed E-state index contributed by atoms with van der Waals surface area (Å²) in [6, 6.07) is 1.93. The maximum absolute atomic E-state index is 11.2. The van der Waals surface area contributed by atoms with Gasteiger partial charge in [-0.2, -0.15) is 5.10 Å². The number of esters is 1. The number of thiazole rings is 1. The summed E-state index contributed by atoms with van der Waals surface area (Å²) in [6.45, 7) is 1.92. The summed E-state index contributed by atoms with van der Waals surface area (Å²) in [5.41, 5.74) is 2.16. The number of aromatic nitrogens is 3. The number of nitrogens with zero attached hydrogens (tertiary/aromatic N) is 3. The topological polar surface area (TPSA) is 57.0 Å². The Bertz CT molecular complexity index is 530. The van der Waals surface area contributed by atoms with Gasteiger partial charge in [0.05, 0.1) is 18.5 Å². The Hall–Kier alpha value is -1.69. The first kappa shape index (κ1) is 10.8. The Morgan fingerprint density at radius 2 is 2.31 bits per heavy atom. The van der Waals surface area contributed by atoms with Gasteiger partial charge in [0.25, 0.3) is 0 Å². The van der Waals surface area contributed by atoms with Gasteiger partial charge in [-0.3, -0.25) is 4.68 Å². The Morgan fingerprint density at radius 3 is 2.88 bits per heavy atom. The molecule has 0 bridgehead atoms. The summed E-state index contributed by atoms with van der Waals surface area (Å²) in [5, 5.41) is 6.68. The smallest absolute Gasteiger partial charge is 0.357 e. The lowest BCUT2D eigenvalue weighted by Crippen LogP contribution is -2.01. The van der Waals surface area contributed by atoms with Crippen molar-refractivity contribution in [3.63, 3.8) is 0 Å². The summed E-state index contributed by atoms with van der Waals surface area (Å²) in [6.07, 6.45) is 0. The van der Waals surface area contributed by atoms with Gasteiger partial charge in [-0.25, -0.2) is 9.78 Å². The van der Waals surface area contributed by atoms with Crippen molar-refractivity contribution in [3.05, 3.63) is 22.8 Å². The fourth-order valence-corrected chi connectivity index (χ4v) is 2.24. The highest BCUT2D eigenvalue weighted by molar-refractivity contribution is 7.13. The van der Waals surface area contributed by atoms with Crippen LogP contribution in [-0.4, -0.2) is 27.8 Å². The first-order chi connectivity index (χ1) is 7.61. The van der Waals surface area contributed by atoms with E-state index in [0.717, 1.165) is 16.4 Å². The zero-order chi connectivity index (χ0) is 11.7. The Morgan fingerprint density at radius 1 is 1.56 bits per heavy atom. The quantitative estimate of drug-likeness (QED) is 0.745. The van der Waals surface area contributed by atoms with Crippen molar-refractivity contribution in [1.29, 1.82) is 0 Å². The molecule has 0 saturated heterocycles. The highest BCUT2D eigenvalue weighted by Crippen LogP contribution is 2.24. The molecular formula is C10H11N3O2S. The van der Waals surface area contributed by atoms with Gasteiger partial charge in [-0.05, 0) is 13.0 Å². The van der Waals surface area contributed by atoms with Crippen LogP contribution in [-0.2, 0) is 11.8 Å². The number of ether oxygens (including phenoxy) is 1. The Labute approximate surface area is 96.7 Å². The largest absolute Gasteiger partial charge is 0.464 e. The van der Waals surface area contributed by atoms with E-state index in [9.17, 15) is 4.79 Å². The second kappa shape index (κ2) is 4.05. The first-order valence-corrected chi connectivity index (χ1v) is 5.54. The number of aryl methyl sites for hydroxylation is 2. The summed E-state index contributed by atoms with van der Waals surface area (Å²) in [7, 11) is 3.19. The lowest BCUT2D eigenvalue weighted by molar-refractivity contribution is 0.0595. The molecule has 0 fully saturated rings. The molecule has 84 valence electrons. The lowest BCUT2D eigenvalue weighted by atomic mass is 10.4. The van der Waals surface area contributed by atoms with Crippen LogP contribution in [0.15, 0.2) is 11.4 Å². The highest BCUT2D eigenvalue weighted by Gasteiger charge is 2.14. The van der Waals surface area contributed by atoms with Crippen molar-refractivity contribution in [3.8, 4) is 10.7 Å². The number of methoxy groups -OCH3 is 1. The SMILES string of the molecule is COC(=O)c1csc(-c2cc(C)nn2C)n1. The van der Waals surface area contributed by atoms with E-state index < -0.39 is 5.97 Å². The van der Waals surface area contributed by atoms with E-state index in [1.54, 1.807) is 10.1 Å². The molecule has 0 radical (unpaired) electrons. The van der Waals surface area contributed by atoms with Gasteiger partial charge in [0, 0.05) is 12.4 Å². The first-order valence-electron chi connectivity index (χ1n) is 4.66. The van der Waals surface area contributed by atoms with E-state index in [1.165, 1.54) is 18.4 Å². The molecule has 0 aliphatic carbocycles. The predicted molar refractivity (Wildman–Crippen MR) is 60.4 cm³/mol. The molecule has 0 aliphatic rings. The molecule has 2 heterocycles. The number of hydrogen-bond acceptors (Lipinski definition) is 5. The van der Waals surface area contributed by atoms with E-state index in [-0.39, 0.29) is 0 Å². The Kier molecular flexibility index (Phi) is 2.74. The van der Waals surface area contributed by atoms with Gasteiger partial charge in [-0.1, -0.05) is 0 Å². The highest BCUT2D eigenvalue weighted by atomic mass is 32.1. The monoisotopic (exact) mass is 237 g/mol. The number of hydrogen-bond donors (Lipinski definition) is 0. The maximum Gasteiger partial charge on any atom is 0.357 e. The maximum atomic E-state index is 11.2. The fraction of sp³-hybridized carbons (Fsp3) is 0.300. The Balaban J connectivity index is 2.38. The molecule has 0 aliphatic heterocycles. The third-order valence-corrected chi connectivity index (χ3v) is 2.98. The summed E-state index contributed by atoms with van der Waals surface area (Å²) < 4.78 is 6.35. The van der Waals surface area contributed by atoms with Gasteiger partial charge >= 0.3 is 5.97 Å². The van der Waals surface area contributed by atoms with Crippen LogP contribution in [0.2, 0.25) is 0 Å². The van der Waals surface area contributed by atoms with Crippen molar-refractivity contribution in [2.45, 2.75) is 6.92 Å². The third-order valence-electron chi connectivity index (χ3n) is 2.12. The van der Waals surface area contributed by atoms with Gasteiger partial charge in [0.1, 0.15) is 5.01 Å². The minimum Gasteiger partial charge on any atom is -0.464 e. The van der Waals surface area contributed by atoms with Gasteiger partial charge in [0.15, 0.2) is 5.69 Å². The second-order valence-electron chi connectivity index (χ2n) is 3.32. The second-order valence-corrected chi connectivity index (χ2v) is 4.18. The molecule has 2 aromatic heterocycles. The minimum absolute atomic E-state index is 0.335. The lowest BCUT2D eigenvalue weighted by Gasteiger charge is -1.95. The van der Waals surface area contributed by atoms with E-state index in [4.69, 9.17) is 0 Å². The minimum atomic E-state index is -0.415. The summed E-state index contributed by atoms with van der Waals surface area (Å²) in [4.78, 5) is 15.5. The molecule has 6 heteroatoms. The molecule has 0 saturated carbocycles. The van der Waals surface area contributed by atoms with Crippen molar-refractivity contribution >= 4 is 17.3 Å². The third kappa shape index (κ3) is 1.83. The van der Waals surface area contributed by atoms with Crippen LogP contribution in [0.1, 0.15) is 16.2 Å². The van der Waals surface area contributed by atoms with Crippen LogP contribution in [0.4, 0.5) is 0 Å². The van der Waals surface area contributed by atoms with Crippen molar-refractivity contribution < 1.29 is 9.53 Å². The standard InChI is InChI=1S/C10H11N3O2S/c1-6-4-8(13(2)12-6)9-11-7(5-16-9)10(14)15-3/h4-5H,1-3H3. The van der Waals surface area contributed by atoms with Crippen LogP contribution >= 0.6 is 11.3 Å². The molecule has 2 aromatic rings. The van der Waals surface area contributed by atoms with Crippen LogP contribution in [0, 0.1) is 6.92 Å². The van der Waals surface area contributed by atoms with Crippen molar-refractivity contribution in [2.75, 3.05) is 7.11 Å². The van der Waals surface area contributed by atoms with Crippen molar-refractivity contribution in [2.24, 2.45) is 7.05 Å². The summed E-state index contributed by atoms with van der Waals surface area (Å²) in [5.74, 6) is -0.415. The van der Waals surface area contributed by atoms with Gasteiger partial charge < -0.3 is 4.74 Å². The molecule has 0 aromatic carbocycles. The number of rotatable bonds is 2. The molecule has 0 unspecified atom stereocenters. The molecule has 16 heavy (non-hydrogen) atoms. The van der Waals surface area contributed by atoms with E-state index in [0.29, 0.717) is 5.69 Å². The van der Waals surface area contributed by atoms with Crippen LogP contribution in [0.5, 0.6) is 0 Å². The number of carbonyl (C=O) groups excluding carboxylic acids is 1. The molecule has 0 N–H and O–H groups in total. The van der Waals surface area contributed by atoms with E-state index >= 15 is 0 Å². The van der Waals surface area contributed by atoms with Gasteiger partial charge in [0.2, 0.25) is 0 Å². The molecule has 0 atom stereocenters. The fourth-order valence-electron chi connectivity index (χ4n) is 1.40. The normalized spacial score (nSPS) is 10.4. The predicted octanol–water partition coefficient (Wildman–Crippen LogP) is 1.64. The number of carbonyl (C=O) groups is 1. The molecule has 2 rings (SSSR count). The molecular weight excluding hydrogens is 226 g/mol. The average Bonchev–Trinajstić information content (AvgIpc) is 2.83. The van der Waals surface area contributed by atoms with Crippen LogP contribution in [0.25, 0.3) is 10.7 Å². The molecule has 5 nitrogen and oxygen atoms in total. The molecule has 0 spiro atoms. The van der Waals surface area contributed by atoms with Crippen LogP contribution < -0.4 is 0 Å². The zero-order valence-electron chi connectivity index (χ0n) is 9.22.